The molecule has 0 aliphatic carbocycles. The van der Waals surface area contributed by atoms with Gasteiger partial charge in [0.25, 0.3) is 0 Å². The van der Waals surface area contributed by atoms with Gasteiger partial charge in [0.15, 0.2) is 0 Å². The van der Waals surface area contributed by atoms with E-state index in [1.54, 1.807) is 11.3 Å². The molecule has 0 bridgehead atoms. The van der Waals surface area contributed by atoms with E-state index >= 15 is 0 Å². The molecule has 1 rings (SSSR count). The Balaban J connectivity index is 2.40. The van der Waals surface area contributed by atoms with Gasteiger partial charge in [0, 0.05) is 17.0 Å². The summed E-state index contributed by atoms with van der Waals surface area (Å²) >= 11 is 3.82. The molecule has 0 radical (unpaired) electrons. The number of thiophene rings is 1. The molecule has 2 atom stereocenters. The van der Waals surface area contributed by atoms with Crippen molar-refractivity contribution in [3.8, 4) is 0 Å². The highest BCUT2D eigenvalue weighted by Gasteiger charge is 2.10. The summed E-state index contributed by atoms with van der Waals surface area (Å²) in [6, 6.07) is 2.73. The normalized spacial score (nSPS) is 15.4. The lowest BCUT2D eigenvalue weighted by atomic mass is 10.2. The minimum Gasteiger partial charge on any atom is -0.312 e. The molecule has 1 N–H and O–H groups in total. The molecule has 0 saturated carbocycles. The monoisotopic (exact) mass is 229 g/mol. The van der Waals surface area contributed by atoms with Crippen molar-refractivity contribution < 1.29 is 0 Å². The van der Waals surface area contributed by atoms with Crippen LogP contribution >= 0.6 is 23.1 Å². The fourth-order valence-corrected chi connectivity index (χ4v) is 3.03. The van der Waals surface area contributed by atoms with Crippen LogP contribution in [-0.2, 0) is 0 Å². The van der Waals surface area contributed by atoms with E-state index in [-0.39, 0.29) is 0 Å². The Morgan fingerprint density at radius 3 is 2.86 bits per heavy atom. The fraction of sp³-hybridized carbons (Fsp3) is 0.636. The average Bonchev–Trinajstić information content (AvgIpc) is 2.72. The minimum atomic E-state index is 0.514. The fourth-order valence-electron chi connectivity index (χ4n) is 1.20. The van der Waals surface area contributed by atoms with E-state index in [1.165, 1.54) is 17.7 Å². The van der Waals surface area contributed by atoms with E-state index in [0.29, 0.717) is 6.04 Å². The van der Waals surface area contributed by atoms with Gasteiger partial charge >= 0.3 is 0 Å². The Kier molecular flexibility index (Phi) is 5.60. The first kappa shape index (κ1) is 12.1. The van der Waals surface area contributed by atoms with Gasteiger partial charge in [-0.15, -0.1) is 0 Å². The van der Waals surface area contributed by atoms with Crippen LogP contribution in [0.1, 0.15) is 31.9 Å². The van der Waals surface area contributed by atoms with Crippen LogP contribution in [0.2, 0.25) is 0 Å². The van der Waals surface area contributed by atoms with Gasteiger partial charge in [-0.25, -0.2) is 0 Å². The van der Waals surface area contributed by atoms with Gasteiger partial charge < -0.3 is 5.32 Å². The third kappa shape index (κ3) is 3.64. The molecular formula is C11H19NS2. The molecule has 0 aromatic carbocycles. The van der Waals surface area contributed by atoms with Crippen LogP contribution in [0.3, 0.4) is 0 Å². The van der Waals surface area contributed by atoms with Crippen LogP contribution in [0.25, 0.3) is 0 Å². The van der Waals surface area contributed by atoms with Gasteiger partial charge in [-0.05, 0) is 35.9 Å². The quantitative estimate of drug-likeness (QED) is 0.801. The zero-order chi connectivity index (χ0) is 10.4. The summed E-state index contributed by atoms with van der Waals surface area (Å²) in [5, 5.41) is 8.52. The SMILES string of the molecule is CCC(C)SCC(NC)c1ccsc1. The lowest BCUT2D eigenvalue weighted by molar-refractivity contribution is 0.662. The topological polar surface area (TPSA) is 12.0 Å². The number of nitrogens with one attached hydrogen (secondary N) is 1. The molecule has 80 valence electrons. The van der Waals surface area contributed by atoms with Crippen molar-refractivity contribution in [3.05, 3.63) is 22.4 Å². The first-order valence-corrected chi connectivity index (χ1v) is 7.08. The van der Waals surface area contributed by atoms with E-state index in [9.17, 15) is 0 Å². The molecule has 1 aromatic heterocycles. The van der Waals surface area contributed by atoms with Crippen molar-refractivity contribution >= 4 is 23.1 Å². The Bertz CT molecular complexity index is 233. The summed E-state index contributed by atoms with van der Waals surface area (Å²) in [4.78, 5) is 0. The molecule has 0 fully saturated rings. The predicted molar refractivity (Wildman–Crippen MR) is 68.3 cm³/mol. The smallest absolute Gasteiger partial charge is 0.0417 e. The zero-order valence-electron chi connectivity index (χ0n) is 9.12. The second-order valence-corrected chi connectivity index (χ2v) is 5.70. The molecular weight excluding hydrogens is 210 g/mol. The molecule has 14 heavy (non-hydrogen) atoms. The number of rotatable bonds is 6. The molecule has 2 unspecified atom stereocenters. The molecule has 1 heterocycles. The summed E-state index contributed by atoms with van der Waals surface area (Å²) in [6.07, 6.45) is 1.25. The van der Waals surface area contributed by atoms with Crippen LogP contribution in [-0.4, -0.2) is 18.1 Å². The molecule has 0 aliphatic rings. The maximum absolute atomic E-state index is 3.37. The second kappa shape index (κ2) is 6.49. The Hall–Kier alpha value is 0.01000. The van der Waals surface area contributed by atoms with Crippen molar-refractivity contribution in [2.24, 2.45) is 0 Å². The first-order chi connectivity index (χ1) is 6.77. The Morgan fingerprint density at radius 1 is 1.57 bits per heavy atom. The van der Waals surface area contributed by atoms with Crippen LogP contribution in [0, 0.1) is 0 Å². The van der Waals surface area contributed by atoms with E-state index in [2.05, 4.69) is 36.0 Å². The third-order valence-corrected chi connectivity index (χ3v) is 4.55. The number of hydrogen-bond acceptors (Lipinski definition) is 3. The molecule has 1 nitrogen and oxygen atoms in total. The van der Waals surface area contributed by atoms with Crippen molar-refractivity contribution in [3.63, 3.8) is 0 Å². The van der Waals surface area contributed by atoms with Crippen molar-refractivity contribution in [2.75, 3.05) is 12.8 Å². The summed E-state index contributed by atoms with van der Waals surface area (Å²) in [7, 11) is 2.04. The van der Waals surface area contributed by atoms with Crippen LogP contribution in [0.15, 0.2) is 16.8 Å². The van der Waals surface area contributed by atoms with Gasteiger partial charge in [-0.3, -0.25) is 0 Å². The first-order valence-electron chi connectivity index (χ1n) is 5.08. The Labute approximate surface area is 95.3 Å². The van der Waals surface area contributed by atoms with Crippen LogP contribution < -0.4 is 5.32 Å². The van der Waals surface area contributed by atoms with Crippen molar-refractivity contribution in [1.29, 1.82) is 0 Å². The molecule has 0 spiro atoms. The molecule has 1 aromatic rings. The highest BCUT2D eigenvalue weighted by Crippen LogP contribution is 2.23. The van der Waals surface area contributed by atoms with Crippen molar-refractivity contribution in [2.45, 2.75) is 31.6 Å². The van der Waals surface area contributed by atoms with Crippen LogP contribution in [0.5, 0.6) is 0 Å². The van der Waals surface area contributed by atoms with Gasteiger partial charge in [0.1, 0.15) is 0 Å². The largest absolute Gasteiger partial charge is 0.312 e. The Morgan fingerprint density at radius 2 is 2.36 bits per heavy atom. The van der Waals surface area contributed by atoms with Gasteiger partial charge in [0.2, 0.25) is 0 Å². The highest BCUT2D eigenvalue weighted by atomic mass is 32.2. The van der Waals surface area contributed by atoms with Gasteiger partial charge in [-0.2, -0.15) is 23.1 Å². The van der Waals surface area contributed by atoms with E-state index in [0.717, 1.165) is 5.25 Å². The summed E-state index contributed by atoms with van der Waals surface area (Å²) in [5.41, 5.74) is 1.42. The average molecular weight is 229 g/mol. The molecule has 0 amide bonds. The summed E-state index contributed by atoms with van der Waals surface area (Å²) < 4.78 is 0. The van der Waals surface area contributed by atoms with E-state index in [4.69, 9.17) is 0 Å². The van der Waals surface area contributed by atoms with Gasteiger partial charge in [0.05, 0.1) is 0 Å². The predicted octanol–water partition coefficient (Wildman–Crippen LogP) is 3.54. The molecule has 0 aliphatic heterocycles. The second-order valence-electron chi connectivity index (χ2n) is 3.45. The van der Waals surface area contributed by atoms with E-state index < -0.39 is 0 Å². The maximum atomic E-state index is 3.37. The number of thioether (sulfide) groups is 1. The van der Waals surface area contributed by atoms with Crippen LogP contribution in [0.4, 0.5) is 0 Å². The summed E-state index contributed by atoms with van der Waals surface area (Å²) in [5.74, 6) is 1.17. The molecule has 3 heteroatoms. The summed E-state index contributed by atoms with van der Waals surface area (Å²) in [6.45, 7) is 4.54. The van der Waals surface area contributed by atoms with Crippen molar-refractivity contribution in [1.82, 2.24) is 5.32 Å². The number of hydrogen-bond donors (Lipinski definition) is 1. The molecule has 0 saturated heterocycles. The highest BCUT2D eigenvalue weighted by molar-refractivity contribution is 7.99. The maximum Gasteiger partial charge on any atom is 0.0417 e. The zero-order valence-corrected chi connectivity index (χ0v) is 10.8. The third-order valence-electron chi connectivity index (χ3n) is 2.42. The standard InChI is InChI=1S/C11H19NS2/c1-4-9(2)14-8-11(12-3)10-5-6-13-7-10/h5-7,9,11-12H,4,8H2,1-3H3. The van der Waals surface area contributed by atoms with E-state index in [1.807, 2.05) is 18.8 Å². The minimum absolute atomic E-state index is 0.514. The lowest BCUT2D eigenvalue weighted by Gasteiger charge is -2.16. The van der Waals surface area contributed by atoms with Gasteiger partial charge in [-0.1, -0.05) is 13.8 Å². The lowest BCUT2D eigenvalue weighted by Crippen LogP contribution is -2.19.